The van der Waals surface area contributed by atoms with Crippen molar-refractivity contribution in [2.75, 3.05) is 51.3 Å². The normalized spacial score (nSPS) is 21.6. The second-order valence-corrected chi connectivity index (χ2v) is 14.3. The minimum Gasteiger partial charge on any atom is -0.381 e. The van der Waals surface area contributed by atoms with Crippen molar-refractivity contribution in [1.29, 1.82) is 0 Å². The highest BCUT2D eigenvalue weighted by molar-refractivity contribution is 7.87. The Labute approximate surface area is 261 Å². The van der Waals surface area contributed by atoms with Crippen LogP contribution in [0.4, 0.5) is 14.5 Å². The number of hydrogen-bond donors (Lipinski definition) is 1. The van der Waals surface area contributed by atoms with Crippen molar-refractivity contribution in [1.82, 2.24) is 28.7 Å². The zero-order valence-electron chi connectivity index (χ0n) is 25.4. The van der Waals surface area contributed by atoms with Crippen LogP contribution >= 0.6 is 0 Å². The number of methoxy groups -OCH3 is 1. The molecular formula is C31H39F2N7O4S. The van der Waals surface area contributed by atoms with Crippen LogP contribution in [0.3, 0.4) is 0 Å². The lowest BCUT2D eigenvalue weighted by Crippen LogP contribution is -2.56. The first-order chi connectivity index (χ1) is 21.7. The lowest BCUT2D eigenvalue weighted by atomic mass is 9.82. The Balaban J connectivity index is 1.25. The molecule has 2 aromatic heterocycles. The Bertz CT molecular complexity index is 1660. The number of nitrogens with one attached hydrogen (secondary N) is 1. The van der Waals surface area contributed by atoms with Crippen molar-refractivity contribution in [2.45, 2.75) is 69.2 Å². The summed E-state index contributed by atoms with van der Waals surface area (Å²) in [7, 11) is -2.45. The monoisotopic (exact) mass is 643 g/mol. The van der Waals surface area contributed by atoms with Gasteiger partial charge in [-0.05, 0) is 68.9 Å². The van der Waals surface area contributed by atoms with Crippen molar-refractivity contribution >= 4 is 32.8 Å². The third kappa shape index (κ3) is 5.93. The van der Waals surface area contributed by atoms with Gasteiger partial charge in [-0.1, -0.05) is 6.42 Å². The van der Waals surface area contributed by atoms with Crippen LogP contribution in [-0.4, -0.2) is 103 Å². The zero-order valence-corrected chi connectivity index (χ0v) is 26.2. The number of aromatic nitrogens is 3. The number of carbonyl (C=O) groups is 1. The third-order valence-corrected chi connectivity index (χ3v) is 11.4. The Morgan fingerprint density at radius 2 is 1.69 bits per heavy atom. The molecule has 11 nitrogen and oxygen atoms in total. The Hall–Kier alpha value is -3.20. The van der Waals surface area contributed by atoms with Crippen molar-refractivity contribution in [3.05, 3.63) is 47.5 Å². The molecular weight excluding hydrogens is 604 g/mol. The van der Waals surface area contributed by atoms with Crippen LogP contribution in [0.2, 0.25) is 0 Å². The molecule has 0 bridgehead atoms. The molecule has 1 amide bonds. The van der Waals surface area contributed by atoms with Gasteiger partial charge in [-0.15, -0.1) is 0 Å². The summed E-state index contributed by atoms with van der Waals surface area (Å²) in [5.74, 6) is -1.05. The van der Waals surface area contributed by atoms with Gasteiger partial charge in [-0.25, -0.2) is 23.2 Å². The molecule has 1 N–H and O–H groups in total. The summed E-state index contributed by atoms with van der Waals surface area (Å²) in [6, 6.07) is 8.04. The number of amides is 1. The second kappa shape index (κ2) is 12.2. The summed E-state index contributed by atoms with van der Waals surface area (Å²) in [6.45, 7) is 2.95. The van der Waals surface area contributed by atoms with Crippen LogP contribution in [0, 0.1) is 5.82 Å². The average molecular weight is 644 g/mol. The quantitative estimate of drug-likeness (QED) is 0.397. The highest BCUT2D eigenvalue weighted by Gasteiger charge is 2.38. The van der Waals surface area contributed by atoms with Crippen LogP contribution in [-0.2, 0) is 14.9 Å². The molecule has 4 fully saturated rings. The predicted octanol–water partition coefficient (Wildman–Crippen LogP) is 3.54. The number of benzene rings is 1. The van der Waals surface area contributed by atoms with Crippen LogP contribution < -0.4 is 9.62 Å². The van der Waals surface area contributed by atoms with Gasteiger partial charge in [0.05, 0.1) is 28.6 Å². The molecule has 1 aliphatic carbocycles. The molecule has 3 aliphatic heterocycles. The van der Waals surface area contributed by atoms with E-state index in [4.69, 9.17) is 9.84 Å². The lowest BCUT2D eigenvalue weighted by Gasteiger charge is -2.42. The highest BCUT2D eigenvalue weighted by Crippen LogP contribution is 2.43. The molecule has 0 atom stereocenters. The van der Waals surface area contributed by atoms with Gasteiger partial charge in [0.2, 0.25) is 0 Å². The van der Waals surface area contributed by atoms with E-state index in [-0.39, 0.29) is 30.5 Å². The van der Waals surface area contributed by atoms with Crippen molar-refractivity contribution in [3.63, 3.8) is 0 Å². The number of likely N-dealkylation sites (tertiary alicyclic amines) is 1. The van der Waals surface area contributed by atoms with Crippen LogP contribution in [0.25, 0.3) is 16.7 Å². The van der Waals surface area contributed by atoms with Gasteiger partial charge in [-0.2, -0.15) is 17.8 Å². The van der Waals surface area contributed by atoms with Gasteiger partial charge in [0.1, 0.15) is 17.7 Å². The topological polar surface area (TPSA) is 113 Å². The largest absolute Gasteiger partial charge is 0.381 e. The van der Waals surface area contributed by atoms with Gasteiger partial charge in [0.25, 0.3) is 5.91 Å². The maximum absolute atomic E-state index is 13.9. The number of alkyl halides is 1. The molecule has 4 aliphatic rings. The number of anilines is 1. The van der Waals surface area contributed by atoms with E-state index in [2.05, 4.69) is 19.5 Å². The Morgan fingerprint density at radius 1 is 1.00 bits per heavy atom. The molecule has 0 spiro atoms. The summed E-state index contributed by atoms with van der Waals surface area (Å²) >= 11 is 0. The van der Waals surface area contributed by atoms with E-state index in [0.717, 1.165) is 92.2 Å². The fourth-order valence-corrected chi connectivity index (χ4v) is 8.17. The van der Waals surface area contributed by atoms with Crippen LogP contribution in [0.5, 0.6) is 0 Å². The van der Waals surface area contributed by atoms with Crippen molar-refractivity contribution < 1.29 is 26.7 Å². The molecule has 0 radical (unpaired) electrons. The van der Waals surface area contributed by atoms with E-state index in [1.165, 1.54) is 12.1 Å². The van der Waals surface area contributed by atoms with Crippen LogP contribution in [0.15, 0.2) is 30.3 Å². The molecule has 1 aromatic carbocycles. The number of carbonyl (C=O) groups excluding carboxylic acids is 1. The third-order valence-electron chi connectivity index (χ3n) is 9.94. The number of piperidine rings is 2. The van der Waals surface area contributed by atoms with E-state index in [0.29, 0.717) is 23.5 Å². The number of pyridine rings is 1. The number of hydrogen-bond acceptors (Lipinski definition) is 8. The SMILES string of the molecule is COC1CCN(C2CCN(c3cc(C(=O)NS(=O)(=O)N4CC(F)C4)nc4c3c(C3CCC3)nn4-c3ccc(F)cc3)CC2)CC1. The number of ether oxygens (including phenoxy) is 1. The van der Waals surface area contributed by atoms with Gasteiger partial charge < -0.3 is 14.5 Å². The number of nitrogens with zero attached hydrogens (tertiary/aromatic N) is 6. The maximum atomic E-state index is 13.9. The number of halogens is 2. The van der Waals surface area contributed by atoms with Gasteiger partial charge in [-0.3, -0.25) is 4.79 Å². The molecule has 14 heteroatoms. The predicted molar refractivity (Wildman–Crippen MR) is 165 cm³/mol. The minimum absolute atomic E-state index is 0.0782. The second-order valence-electron chi connectivity index (χ2n) is 12.7. The Morgan fingerprint density at radius 3 is 2.29 bits per heavy atom. The van der Waals surface area contributed by atoms with E-state index in [1.54, 1.807) is 30.0 Å². The smallest absolute Gasteiger partial charge is 0.304 e. The summed E-state index contributed by atoms with van der Waals surface area (Å²) < 4.78 is 63.1. The molecule has 242 valence electrons. The number of rotatable bonds is 8. The Kier molecular flexibility index (Phi) is 8.25. The highest BCUT2D eigenvalue weighted by atomic mass is 32.2. The first-order valence-electron chi connectivity index (χ1n) is 15.9. The first-order valence-corrected chi connectivity index (χ1v) is 17.3. The molecule has 3 saturated heterocycles. The summed E-state index contributed by atoms with van der Waals surface area (Å²) in [5, 5.41) is 5.83. The molecule has 1 saturated carbocycles. The van der Waals surface area contributed by atoms with Gasteiger partial charge >= 0.3 is 10.2 Å². The van der Waals surface area contributed by atoms with Gasteiger partial charge in [0, 0.05) is 58.3 Å². The van der Waals surface area contributed by atoms with E-state index >= 15 is 0 Å². The summed E-state index contributed by atoms with van der Waals surface area (Å²) in [4.78, 5) is 23.0. The summed E-state index contributed by atoms with van der Waals surface area (Å²) in [6.07, 6.45) is 6.09. The van der Waals surface area contributed by atoms with Gasteiger partial charge in [0.15, 0.2) is 5.65 Å². The fraction of sp³-hybridized carbons (Fsp3) is 0.581. The fourth-order valence-electron chi connectivity index (χ4n) is 6.99. The van der Waals surface area contributed by atoms with Crippen molar-refractivity contribution in [3.8, 4) is 5.69 Å². The minimum atomic E-state index is -4.23. The summed E-state index contributed by atoms with van der Waals surface area (Å²) in [5.41, 5.74) is 2.61. The van der Waals surface area contributed by atoms with E-state index < -0.39 is 22.3 Å². The molecule has 3 aromatic rings. The van der Waals surface area contributed by atoms with E-state index in [9.17, 15) is 22.0 Å². The van der Waals surface area contributed by atoms with Crippen LogP contribution in [0.1, 0.15) is 67.0 Å². The van der Waals surface area contributed by atoms with Crippen molar-refractivity contribution in [2.24, 2.45) is 0 Å². The average Bonchev–Trinajstić information content (AvgIpc) is 3.37. The molecule has 7 rings (SSSR count). The molecule has 5 heterocycles. The maximum Gasteiger partial charge on any atom is 0.304 e. The molecule has 45 heavy (non-hydrogen) atoms. The standard InChI is InChI=1S/C31H39F2N7O4S/c1-44-25-11-15-37(16-12-25)23-9-13-38(14-10-23)27-17-26(31(41)36-45(42,43)39-18-22(33)19-39)34-30-28(27)29(20-3-2-4-20)35-40(30)24-7-5-21(32)6-8-24/h5-8,17,20,22-23,25H,2-4,9-16,18-19H2,1H3,(H,36,41). The molecule has 0 unspecified atom stereocenters. The first kappa shape index (κ1) is 30.5. The zero-order chi connectivity index (χ0) is 31.3. The number of fused-ring (bicyclic) bond motifs is 1. The van der Waals surface area contributed by atoms with E-state index in [1.807, 2.05) is 0 Å². The lowest BCUT2D eigenvalue weighted by molar-refractivity contribution is 0.0233.